The van der Waals surface area contributed by atoms with Crippen LogP contribution in [0.4, 0.5) is 5.82 Å². The van der Waals surface area contributed by atoms with E-state index in [2.05, 4.69) is 59.6 Å². The molecule has 0 unspecified atom stereocenters. The van der Waals surface area contributed by atoms with Crippen LogP contribution in [0, 0.1) is 0 Å². The smallest absolute Gasteiger partial charge is 0.132 e. The summed E-state index contributed by atoms with van der Waals surface area (Å²) in [5.74, 6) is 1.73. The van der Waals surface area contributed by atoms with Crippen LogP contribution < -0.4 is 15.4 Å². The van der Waals surface area contributed by atoms with Crippen molar-refractivity contribution in [2.75, 3.05) is 25.5 Å². The van der Waals surface area contributed by atoms with Gasteiger partial charge in [-0.15, -0.1) is 11.3 Å². The highest BCUT2D eigenvalue weighted by atomic mass is 79.9. The quantitative estimate of drug-likeness (QED) is 0.419. The molecule has 0 aliphatic carbocycles. The zero-order valence-corrected chi connectivity index (χ0v) is 17.8. The van der Waals surface area contributed by atoms with Crippen LogP contribution in [0.2, 0.25) is 0 Å². The van der Waals surface area contributed by atoms with Gasteiger partial charge < -0.3 is 15.4 Å². The molecule has 0 spiro atoms. The summed E-state index contributed by atoms with van der Waals surface area (Å²) < 4.78 is 7.62. The first-order valence-electron chi connectivity index (χ1n) is 7.97. The number of benzene rings is 1. The van der Waals surface area contributed by atoms with Crippen molar-refractivity contribution in [2.45, 2.75) is 13.0 Å². The molecule has 0 aliphatic rings. The fraction of sp³-hybridized carbons (Fsp3) is 0.278. The average molecular weight is 485 g/mol. The monoisotopic (exact) mass is 483 g/mol. The summed E-state index contributed by atoms with van der Waals surface area (Å²) in [6.45, 7) is 2.66. The van der Waals surface area contributed by atoms with Crippen LogP contribution in [0.1, 0.15) is 12.0 Å². The second-order valence-electron chi connectivity index (χ2n) is 5.58. The van der Waals surface area contributed by atoms with E-state index in [0.29, 0.717) is 0 Å². The van der Waals surface area contributed by atoms with Gasteiger partial charge in [0.1, 0.15) is 16.4 Å². The van der Waals surface area contributed by atoms with Crippen LogP contribution in [0.3, 0.4) is 0 Å². The Morgan fingerprint density at radius 1 is 1.12 bits per heavy atom. The van der Waals surface area contributed by atoms with E-state index in [4.69, 9.17) is 4.74 Å². The lowest BCUT2D eigenvalue weighted by molar-refractivity contribution is 0.420. The van der Waals surface area contributed by atoms with Gasteiger partial charge in [0.25, 0.3) is 0 Å². The predicted molar refractivity (Wildman–Crippen MR) is 113 cm³/mol. The largest absolute Gasteiger partial charge is 0.496 e. The normalized spacial score (nSPS) is 11.0. The molecule has 4 nitrogen and oxygen atoms in total. The molecular formula is C18H19Br2N3OS. The highest BCUT2D eigenvalue weighted by Crippen LogP contribution is 2.30. The van der Waals surface area contributed by atoms with Crippen LogP contribution in [-0.2, 0) is 6.54 Å². The zero-order chi connectivity index (χ0) is 17.6. The molecule has 0 saturated carbocycles. The Bertz CT molecular complexity index is 833. The van der Waals surface area contributed by atoms with Crippen molar-refractivity contribution in [3.05, 3.63) is 50.2 Å². The van der Waals surface area contributed by atoms with Crippen LogP contribution in [0.25, 0.3) is 10.2 Å². The lowest BCUT2D eigenvalue weighted by atomic mass is 10.2. The van der Waals surface area contributed by atoms with E-state index in [1.165, 1.54) is 5.56 Å². The molecule has 132 valence electrons. The Balaban J connectivity index is 1.44. The van der Waals surface area contributed by atoms with Gasteiger partial charge in [-0.05, 0) is 48.2 Å². The maximum Gasteiger partial charge on any atom is 0.132 e. The number of halogens is 2. The van der Waals surface area contributed by atoms with Crippen LogP contribution in [0.15, 0.2) is 44.7 Å². The van der Waals surface area contributed by atoms with E-state index < -0.39 is 0 Å². The van der Waals surface area contributed by atoms with Gasteiger partial charge in [0.2, 0.25) is 0 Å². The first-order chi connectivity index (χ1) is 12.2. The lowest BCUT2D eigenvalue weighted by Crippen LogP contribution is -2.18. The van der Waals surface area contributed by atoms with Crippen LogP contribution in [-0.4, -0.2) is 25.2 Å². The molecule has 7 heteroatoms. The van der Waals surface area contributed by atoms with Gasteiger partial charge >= 0.3 is 0 Å². The number of anilines is 1. The summed E-state index contributed by atoms with van der Waals surface area (Å²) >= 11 is 8.66. The van der Waals surface area contributed by atoms with E-state index in [1.54, 1.807) is 18.4 Å². The third-order valence-electron chi connectivity index (χ3n) is 3.71. The first-order valence-corrected chi connectivity index (χ1v) is 10.4. The first kappa shape index (κ1) is 18.6. The maximum atomic E-state index is 5.45. The number of aromatic nitrogens is 1. The van der Waals surface area contributed by atoms with E-state index >= 15 is 0 Å². The SMILES string of the molecule is COc1cc(NCCCNCc2cc(Br)cc(Br)c2)nc2sccc12. The predicted octanol–water partition coefficient (Wildman–Crippen LogP) is 5.42. The third kappa shape index (κ3) is 5.17. The molecule has 0 aliphatic heterocycles. The van der Waals surface area contributed by atoms with Crippen molar-refractivity contribution in [3.63, 3.8) is 0 Å². The van der Waals surface area contributed by atoms with Gasteiger partial charge in [0.05, 0.1) is 12.5 Å². The van der Waals surface area contributed by atoms with E-state index in [1.807, 2.05) is 23.6 Å². The summed E-state index contributed by atoms with van der Waals surface area (Å²) in [6, 6.07) is 10.3. The molecule has 0 fully saturated rings. The molecule has 2 aromatic heterocycles. The third-order valence-corrected chi connectivity index (χ3v) is 5.43. The molecule has 0 radical (unpaired) electrons. The summed E-state index contributed by atoms with van der Waals surface area (Å²) in [5, 5.41) is 9.95. The standard InChI is InChI=1S/C18H19Br2N3OS/c1-24-16-10-17(23-18-15(16)3-6-25-18)22-5-2-4-21-11-12-7-13(19)9-14(20)8-12/h3,6-10,21H,2,4-5,11H2,1H3,(H,22,23). The molecule has 0 saturated heterocycles. The lowest BCUT2D eigenvalue weighted by Gasteiger charge is -2.09. The van der Waals surface area contributed by atoms with Crippen molar-refractivity contribution in [3.8, 4) is 5.75 Å². The van der Waals surface area contributed by atoms with Gasteiger partial charge in [0.15, 0.2) is 0 Å². The summed E-state index contributed by atoms with van der Waals surface area (Å²) in [7, 11) is 1.69. The van der Waals surface area contributed by atoms with Crippen molar-refractivity contribution >= 4 is 59.2 Å². The minimum Gasteiger partial charge on any atom is -0.496 e. The van der Waals surface area contributed by atoms with Crippen molar-refractivity contribution in [2.24, 2.45) is 0 Å². The number of nitrogens with one attached hydrogen (secondary N) is 2. The van der Waals surface area contributed by atoms with Crippen molar-refractivity contribution in [1.29, 1.82) is 0 Å². The average Bonchev–Trinajstić information content (AvgIpc) is 3.05. The Morgan fingerprint density at radius 3 is 2.68 bits per heavy atom. The molecule has 0 bridgehead atoms. The summed E-state index contributed by atoms with van der Waals surface area (Å²) in [6.07, 6.45) is 1.02. The number of rotatable bonds is 8. The number of hydrogen-bond acceptors (Lipinski definition) is 5. The van der Waals surface area contributed by atoms with E-state index in [-0.39, 0.29) is 0 Å². The second-order valence-corrected chi connectivity index (χ2v) is 8.31. The zero-order valence-electron chi connectivity index (χ0n) is 13.8. The van der Waals surface area contributed by atoms with Gasteiger partial charge in [-0.2, -0.15) is 0 Å². The van der Waals surface area contributed by atoms with Crippen LogP contribution >= 0.6 is 43.2 Å². The van der Waals surface area contributed by atoms with Gasteiger partial charge in [-0.3, -0.25) is 0 Å². The number of fused-ring (bicyclic) bond motifs is 1. The molecule has 3 aromatic rings. The molecule has 0 atom stereocenters. The van der Waals surface area contributed by atoms with Crippen LogP contribution in [0.5, 0.6) is 5.75 Å². The molecular weight excluding hydrogens is 466 g/mol. The fourth-order valence-corrected chi connectivity index (χ4v) is 4.72. The number of nitrogens with zero attached hydrogens (tertiary/aromatic N) is 1. The Kier molecular flexibility index (Phi) is 6.70. The summed E-state index contributed by atoms with van der Waals surface area (Å²) in [5.41, 5.74) is 1.25. The molecule has 0 amide bonds. The topological polar surface area (TPSA) is 46.2 Å². The van der Waals surface area contributed by atoms with Crippen molar-refractivity contribution < 1.29 is 4.74 Å². The number of pyridine rings is 1. The number of thiophene rings is 1. The fourth-order valence-electron chi connectivity index (χ4n) is 2.55. The Hall–Kier alpha value is -1.15. The molecule has 1 aromatic carbocycles. The molecule has 2 heterocycles. The summed E-state index contributed by atoms with van der Waals surface area (Å²) in [4.78, 5) is 5.63. The second kappa shape index (κ2) is 8.98. The molecule has 3 rings (SSSR count). The van der Waals surface area contributed by atoms with Gasteiger partial charge in [-0.25, -0.2) is 4.98 Å². The van der Waals surface area contributed by atoms with Gasteiger partial charge in [0, 0.05) is 28.1 Å². The number of hydrogen-bond donors (Lipinski definition) is 2. The van der Waals surface area contributed by atoms with E-state index in [0.717, 1.165) is 56.8 Å². The molecule has 25 heavy (non-hydrogen) atoms. The minimum atomic E-state index is 0.852. The maximum absolute atomic E-state index is 5.45. The highest BCUT2D eigenvalue weighted by Gasteiger charge is 2.07. The molecule has 2 N–H and O–H groups in total. The van der Waals surface area contributed by atoms with Crippen molar-refractivity contribution in [1.82, 2.24) is 10.3 Å². The van der Waals surface area contributed by atoms with E-state index in [9.17, 15) is 0 Å². The Morgan fingerprint density at radius 2 is 1.92 bits per heavy atom. The minimum absolute atomic E-state index is 0.852. The van der Waals surface area contributed by atoms with Gasteiger partial charge in [-0.1, -0.05) is 31.9 Å². The number of ether oxygens (including phenoxy) is 1. The number of methoxy groups -OCH3 is 1. The Labute approximate surface area is 168 Å². The highest BCUT2D eigenvalue weighted by molar-refractivity contribution is 9.11.